The minimum Gasteiger partial charge on any atom is -0.370 e. The first-order chi connectivity index (χ1) is 5.36. The molecule has 2 aliphatic heterocycles. The Morgan fingerprint density at radius 2 is 2.18 bits per heavy atom. The lowest BCUT2D eigenvalue weighted by Gasteiger charge is -2.23. The Morgan fingerprint density at radius 1 is 1.27 bits per heavy atom. The van der Waals surface area contributed by atoms with Crippen LogP contribution in [0.3, 0.4) is 0 Å². The van der Waals surface area contributed by atoms with Gasteiger partial charge in [0, 0.05) is 12.3 Å². The number of nitrogens with zero attached hydrogens (tertiary/aromatic N) is 1. The van der Waals surface area contributed by atoms with Crippen molar-refractivity contribution in [2.24, 2.45) is 4.99 Å². The minimum atomic E-state index is 1.11. The second-order valence-electron chi connectivity index (χ2n) is 3.33. The van der Waals surface area contributed by atoms with Gasteiger partial charge in [-0.1, -0.05) is 0 Å². The molecule has 0 saturated carbocycles. The van der Waals surface area contributed by atoms with Crippen LogP contribution in [0.2, 0.25) is 0 Å². The maximum Gasteiger partial charge on any atom is 0.124 e. The van der Waals surface area contributed by atoms with E-state index < -0.39 is 0 Å². The Morgan fingerprint density at radius 3 is 3.09 bits per heavy atom. The summed E-state index contributed by atoms with van der Waals surface area (Å²) in [6, 6.07) is 0. The fourth-order valence-corrected chi connectivity index (χ4v) is 1.69. The summed E-state index contributed by atoms with van der Waals surface area (Å²) in [6.45, 7) is 3.22. The molecule has 2 rings (SSSR count). The van der Waals surface area contributed by atoms with Crippen LogP contribution < -0.4 is 5.32 Å². The van der Waals surface area contributed by atoms with E-state index in [1.165, 1.54) is 37.2 Å². The molecule has 0 radical (unpaired) electrons. The fourth-order valence-electron chi connectivity index (χ4n) is 1.69. The molecule has 2 nitrogen and oxygen atoms in total. The number of allylic oxidation sites excluding steroid dienone is 1. The molecule has 0 saturated heterocycles. The van der Waals surface area contributed by atoms with Crippen LogP contribution in [-0.2, 0) is 0 Å². The van der Waals surface area contributed by atoms with Gasteiger partial charge in [0.15, 0.2) is 0 Å². The van der Waals surface area contributed by atoms with Crippen LogP contribution in [-0.4, -0.2) is 12.3 Å². The van der Waals surface area contributed by atoms with Gasteiger partial charge in [-0.2, -0.15) is 0 Å². The lowest BCUT2D eigenvalue weighted by atomic mass is 9.98. The van der Waals surface area contributed by atoms with Crippen LogP contribution in [0.4, 0.5) is 0 Å². The van der Waals surface area contributed by atoms with Gasteiger partial charge in [-0.25, -0.2) is 4.99 Å². The third-order valence-corrected chi connectivity index (χ3v) is 2.37. The van der Waals surface area contributed by atoms with Gasteiger partial charge in [-0.05, 0) is 38.2 Å². The monoisotopic (exact) mass is 150 g/mol. The molecule has 60 valence electrons. The fraction of sp³-hybridized carbons (Fsp3) is 0.667. The first-order valence-electron chi connectivity index (χ1n) is 4.36. The molecule has 0 aromatic heterocycles. The molecule has 11 heavy (non-hydrogen) atoms. The molecular formula is C9H14N2. The van der Waals surface area contributed by atoms with Gasteiger partial charge >= 0.3 is 0 Å². The van der Waals surface area contributed by atoms with Gasteiger partial charge in [0.2, 0.25) is 0 Å². The summed E-state index contributed by atoms with van der Waals surface area (Å²) >= 11 is 0. The molecule has 2 heterocycles. The van der Waals surface area contributed by atoms with Crippen molar-refractivity contribution in [1.82, 2.24) is 5.32 Å². The van der Waals surface area contributed by atoms with Gasteiger partial charge in [-0.3, -0.25) is 0 Å². The lowest BCUT2D eigenvalue weighted by Crippen LogP contribution is -2.23. The molecule has 0 bridgehead atoms. The van der Waals surface area contributed by atoms with Crippen molar-refractivity contribution < 1.29 is 0 Å². The molecule has 1 N–H and O–H groups in total. The number of nitrogens with one attached hydrogen (secondary N) is 1. The normalized spacial score (nSPS) is 23.9. The van der Waals surface area contributed by atoms with Crippen molar-refractivity contribution in [3.63, 3.8) is 0 Å². The van der Waals surface area contributed by atoms with E-state index in [2.05, 4.69) is 17.2 Å². The second-order valence-corrected chi connectivity index (χ2v) is 3.33. The zero-order chi connectivity index (χ0) is 7.68. The third-order valence-electron chi connectivity index (χ3n) is 2.37. The predicted molar refractivity (Wildman–Crippen MR) is 46.6 cm³/mol. The summed E-state index contributed by atoms with van der Waals surface area (Å²) in [5.74, 6) is 1.18. The molecule has 0 aliphatic carbocycles. The van der Waals surface area contributed by atoms with E-state index in [9.17, 15) is 0 Å². The number of hydrogen-bond acceptors (Lipinski definition) is 2. The molecule has 0 amide bonds. The van der Waals surface area contributed by atoms with Gasteiger partial charge in [-0.15, -0.1) is 0 Å². The van der Waals surface area contributed by atoms with Crippen LogP contribution in [0.5, 0.6) is 0 Å². The van der Waals surface area contributed by atoms with E-state index in [0.717, 1.165) is 6.54 Å². The summed E-state index contributed by atoms with van der Waals surface area (Å²) in [5.41, 5.74) is 2.82. The summed E-state index contributed by atoms with van der Waals surface area (Å²) in [5, 5.41) is 3.34. The molecule has 0 aromatic carbocycles. The van der Waals surface area contributed by atoms with E-state index >= 15 is 0 Å². The topological polar surface area (TPSA) is 24.4 Å². The smallest absolute Gasteiger partial charge is 0.124 e. The summed E-state index contributed by atoms with van der Waals surface area (Å²) in [7, 11) is 0. The van der Waals surface area contributed by atoms with Crippen LogP contribution in [0.1, 0.15) is 32.6 Å². The molecule has 0 aromatic rings. The Bertz CT molecular complexity index is 226. The summed E-state index contributed by atoms with van der Waals surface area (Å²) < 4.78 is 0. The quantitative estimate of drug-likeness (QED) is 0.559. The van der Waals surface area contributed by atoms with E-state index in [1.54, 1.807) is 5.57 Å². The SMILES string of the molecule is CC1=NC2=C(CCCN2)CC1. The number of hydrogen-bond donors (Lipinski definition) is 1. The molecule has 2 aliphatic rings. The van der Waals surface area contributed by atoms with E-state index in [0.29, 0.717) is 0 Å². The van der Waals surface area contributed by atoms with Crippen molar-refractivity contribution in [1.29, 1.82) is 0 Å². The van der Waals surface area contributed by atoms with Crippen LogP contribution in [0.25, 0.3) is 0 Å². The van der Waals surface area contributed by atoms with Crippen molar-refractivity contribution in [3.05, 3.63) is 11.4 Å². The Kier molecular flexibility index (Phi) is 1.68. The molecule has 0 fully saturated rings. The maximum atomic E-state index is 4.49. The second kappa shape index (κ2) is 2.68. The van der Waals surface area contributed by atoms with Crippen LogP contribution >= 0.6 is 0 Å². The van der Waals surface area contributed by atoms with Crippen LogP contribution in [0.15, 0.2) is 16.4 Å². The van der Waals surface area contributed by atoms with Gasteiger partial charge in [0.05, 0.1) is 0 Å². The van der Waals surface area contributed by atoms with Gasteiger partial charge in [0.1, 0.15) is 5.82 Å². The highest BCUT2D eigenvalue weighted by Gasteiger charge is 2.15. The maximum absolute atomic E-state index is 4.49. The molecule has 0 unspecified atom stereocenters. The molecule has 0 atom stereocenters. The zero-order valence-electron chi connectivity index (χ0n) is 6.98. The number of rotatable bonds is 0. The van der Waals surface area contributed by atoms with Crippen LogP contribution in [0, 0.1) is 0 Å². The van der Waals surface area contributed by atoms with Gasteiger partial charge < -0.3 is 5.32 Å². The van der Waals surface area contributed by atoms with E-state index in [4.69, 9.17) is 0 Å². The molecular weight excluding hydrogens is 136 g/mol. The highest BCUT2D eigenvalue weighted by Crippen LogP contribution is 2.24. The number of aliphatic imine (C=N–C) groups is 1. The lowest BCUT2D eigenvalue weighted by molar-refractivity contribution is 0.625. The Labute approximate surface area is 67.4 Å². The highest BCUT2D eigenvalue weighted by molar-refractivity contribution is 5.84. The minimum absolute atomic E-state index is 1.11. The van der Waals surface area contributed by atoms with Crippen molar-refractivity contribution in [3.8, 4) is 0 Å². The molecule has 0 spiro atoms. The van der Waals surface area contributed by atoms with Crippen molar-refractivity contribution in [2.75, 3.05) is 6.54 Å². The average Bonchev–Trinajstić information content (AvgIpc) is 2.04. The van der Waals surface area contributed by atoms with E-state index in [-0.39, 0.29) is 0 Å². The van der Waals surface area contributed by atoms with Gasteiger partial charge in [0.25, 0.3) is 0 Å². The zero-order valence-corrected chi connectivity index (χ0v) is 6.98. The third kappa shape index (κ3) is 1.30. The predicted octanol–water partition coefficient (Wildman–Crippen LogP) is 1.84. The highest BCUT2D eigenvalue weighted by atomic mass is 15.0. The average molecular weight is 150 g/mol. The Balaban J connectivity index is 2.25. The van der Waals surface area contributed by atoms with Crippen molar-refractivity contribution >= 4 is 5.71 Å². The summed E-state index contributed by atoms with van der Waals surface area (Å²) in [4.78, 5) is 4.49. The largest absolute Gasteiger partial charge is 0.370 e. The molecule has 2 heteroatoms. The Hall–Kier alpha value is -0.790. The van der Waals surface area contributed by atoms with Crippen molar-refractivity contribution in [2.45, 2.75) is 32.6 Å². The first kappa shape index (κ1) is 6.89. The standard InChI is InChI=1S/C9H14N2/c1-7-4-5-8-3-2-6-10-9(8)11-7/h10H,2-6H2,1H3. The first-order valence-corrected chi connectivity index (χ1v) is 4.36. The summed E-state index contributed by atoms with van der Waals surface area (Å²) in [6.07, 6.45) is 4.95. The van der Waals surface area contributed by atoms with E-state index in [1.807, 2.05) is 0 Å².